The number of ether oxygens (including phenoxy) is 2. The summed E-state index contributed by atoms with van der Waals surface area (Å²) >= 11 is 0. The smallest absolute Gasteiger partial charge is 0.408 e. The van der Waals surface area contributed by atoms with Gasteiger partial charge in [0.05, 0.1) is 0 Å². The molecule has 2 rings (SSSR count). The lowest BCUT2D eigenvalue weighted by molar-refractivity contribution is -0.155. The number of hydrogen-bond acceptors (Lipinski definition) is 6. The number of carbonyl (C=O) groups is 2. The molecule has 148 valence electrons. The first-order chi connectivity index (χ1) is 12.4. The molecule has 0 aliphatic rings. The predicted octanol–water partition coefficient (Wildman–Crippen LogP) is 4.37. The lowest BCUT2D eigenvalue weighted by atomic mass is 9.87. The number of aromatic nitrogens is 1. The Kier molecular flexibility index (Phi) is 5.82. The van der Waals surface area contributed by atoms with Crippen LogP contribution in [-0.4, -0.2) is 28.7 Å². The highest BCUT2D eigenvalue weighted by molar-refractivity contribution is 5.82. The minimum Gasteiger partial charge on any atom is -0.451 e. The van der Waals surface area contributed by atoms with Crippen LogP contribution >= 0.6 is 0 Å². The molecule has 0 spiro atoms. The second-order valence-electron chi connectivity index (χ2n) is 8.54. The first-order valence-corrected chi connectivity index (χ1v) is 8.92. The summed E-state index contributed by atoms with van der Waals surface area (Å²) in [5.74, 6) is -0.280. The van der Waals surface area contributed by atoms with Crippen molar-refractivity contribution in [2.75, 3.05) is 0 Å². The van der Waals surface area contributed by atoms with E-state index in [1.54, 1.807) is 33.8 Å². The minimum atomic E-state index is -0.890. The van der Waals surface area contributed by atoms with Crippen LogP contribution in [0, 0.1) is 5.41 Å². The second kappa shape index (κ2) is 7.58. The molecule has 1 heterocycles. The highest BCUT2D eigenvalue weighted by atomic mass is 16.6. The molecule has 27 heavy (non-hydrogen) atoms. The van der Waals surface area contributed by atoms with Crippen LogP contribution in [0.15, 0.2) is 28.7 Å². The maximum absolute atomic E-state index is 12.7. The van der Waals surface area contributed by atoms with E-state index in [1.807, 2.05) is 39.0 Å². The quantitative estimate of drug-likeness (QED) is 0.797. The fraction of sp³-hybridized carbons (Fsp3) is 0.550. The average Bonchev–Trinajstić information content (AvgIpc) is 2.93. The molecule has 7 heteroatoms. The average molecular weight is 376 g/mol. The molecule has 1 amide bonds. The van der Waals surface area contributed by atoms with Crippen LogP contribution in [0.2, 0.25) is 0 Å². The summed E-state index contributed by atoms with van der Waals surface area (Å²) < 4.78 is 16.4. The van der Waals surface area contributed by atoms with Gasteiger partial charge in [0.15, 0.2) is 11.7 Å². The molecule has 0 aliphatic carbocycles. The minimum absolute atomic E-state index is 0.300. The van der Waals surface area contributed by atoms with Gasteiger partial charge in [0.2, 0.25) is 5.89 Å². The lowest BCUT2D eigenvalue weighted by Crippen LogP contribution is -2.51. The summed E-state index contributed by atoms with van der Waals surface area (Å²) in [6.07, 6.45) is -1.37. The van der Waals surface area contributed by atoms with Gasteiger partial charge in [-0.1, -0.05) is 32.9 Å². The number of hydrogen-bond donors (Lipinski definition) is 1. The zero-order valence-electron chi connectivity index (χ0n) is 17.0. The Balaban J connectivity index is 2.11. The largest absolute Gasteiger partial charge is 0.451 e. The van der Waals surface area contributed by atoms with E-state index >= 15 is 0 Å². The Labute approximate surface area is 159 Å². The highest BCUT2D eigenvalue weighted by Gasteiger charge is 2.36. The van der Waals surface area contributed by atoms with Gasteiger partial charge >= 0.3 is 12.1 Å². The summed E-state index contributed by atoms with van der Waals surface area (Å²) in [5.41, 5.74) is 0.0704. The van der Waals surface area contributed by atoms with Crippen LogP contribution in [0.5, 0.6) is 0 Å². The van der Waals surface area contributed by atoms with E-state index < -0.39 is 35.2 Å². The van der Waals surface area contributed by atoms with Crippen LogP contribution in [0.1, 0.15) is 60.5 Å². The number of oxazole rings is 1. The van der Waals surface area contributed by atoms with Gasteiger partial charge in [-0.15, -0.1) is 0 Å². The van der Waals surface area contributed by atoms with Gasteiger partial charge in [0.25, 0.3) is 0 Å². The number of para-hydroxylation sites is 2. The summed E-state index contributed by atoms with van der Waals surface area (Å²) in [4.78, 5) is 29.2. The van der Waals surface area contributed by atoms with E-state index in [0.717, 1.165) is 0 Å². The molecule has 1 aromatic heterocycles. The second-order valence-corrected chi connectivity index (χ2v) is 8.54. The van der Waals surface area contributed by atoms with Crippen molar-refractivity contribution in [1.82, 2.24) is 10.3 Å². The Bertz CT molecular complexity index is 781. The van der Waals surface area contributed by atoms with Gasteiger partial charge < -0.3 is 19.2 Å². The maximum Gasteiger partial charge on any atom is 0.408 e. The lowest BCUT2D eigenvalue weighted by Gasteiger charge is -2.31. The summed E-state index contributed by atoms with van der Waals surface area (Å²) in [5, 5.41) is 2.61. The molecule has 7 nitrogen and oxygen atoms in total. The van der Waals surface area contributed by atoms with Gasteiger partial charge in [0.1, 0.15) is 17.2 Å². The van der Waals surface area contributed by atoms with Crippen LogP contribution in [0.25, 0.3) is 11.1 Å². The first kappa shape index (κ1) is 20.7. The van der Waals surface area contributed by atoms with Crippen molar-refractivity contribution in [1.29, 1.82) is 0 Å². The van der Waals surface area contributed by atoms with Crippen LogP contribution in [0.3, 0.4) is 0 Å². The third-order valence-corrected chi connectivity index (χ3v) is 3.71. The normalized spacial score (nSPS) is 14.5. The van der Waals surface area contributed by atoms with Crippen molar-refractivity contribution < 1.29 is 23.5 Å². The number of fused-ring (bicyclic) bond motifs is 1. The van der Waals surface area contributed by atoms with Crippen LogP contribution in [-0.2, 0) is 14.3 Å². The van der Waals surface area contributed by atoms with Crippen LogP contribution < -0.4 is 5.32 Å². The number of esters is 1. The van der Waals surface area contributed by atoms with Crippen molar-refractivity contribution in [3.8, 4) is 0 Å². The molecular weight excluding hydrogens is 348 g/mol. The van der Waals surface area contributed by atoms with E-state index in [2.05, 4.69) is 10.3 Å². The van der Waals surface area contributed by atoms with Crippen molar-refractivity contribution >= 4 is 23.2 Å². The SMILES string of the molecule is C[C@@H](OC(=O)[C@H](NC(=O)OC(C)(C)C)C(C)(C)C)c1nc2ccccc2o1. The van der Waals surface area contributed by atoms with Gasteiger partial charge in [0, 0.05) is 0 Å². The van der Waals surface area contributed by atoms with Gasteiger partial charge in [-0.25, -0.2) is 14.6 Å². The van der Waals surface area contributed by atoms with Gasteiger partial charge in [-0.3, -0.25) is 0 Å². The number of amides is 1. The molecule has 0 bridgehead atoms. The predicted molar refractivity (Wildman–Crippen MR) is 101 cm³/mol. The zero-order chi connectivity index (χ0) is 20.4. The Hall–Kier alpha value is -2.57. The van der Waals surface area contributed by atoms with Gasteiger partial charge in [-0.2, -0.15) is 0 Å². The standard InChI is InChI=1S/C20H28N2O5/c1-12(16-21-13-10-8-9-11-14(13)26-16)25-17(23)15(19(2,3)4)22-18(24)27-20(5,6)7/h8-12,15H,1-7H3,(H,22,24)/t12-,15+/m1/s1. The monoisotopic (exact) mass is 376 g/mol. The molecule has 0 radical (unpaired) electrons. The number of nitrogens with zero attached hydrogens (tertiary/aromatic N) is 1. The molecular formula is C20H28N2O5. The number of rotatable bonds is 4. The van der Waals surface area contributed by atoms with Crippen molar-refractivity contribution in [3.05, 3.63) is 30.2 Å². The van der Waals surface area contributed by atoms with E-state index in [-0.39, 0.29) is 0 Å². The number of alkyl carbamates (subject to hydrolysis) is 1. The third kappa shape index (κ3) is 5.70. The summed E-state index contributed by atoms with van der Waals surface area (Å²) in [6, 6.07) is 6.42. The molecule has 2 atom stereocenters. The van der Waals surface area contributed by atoms with Crippen molar-refractivity contribution in [2.45, 2.75) is 66.2 Å². The molecule has 0 saturated carbocycles. The molecule has 0 unspecified atom stereocenters. The maximum atomic E-state index is 12.7. The molecule has 1 aromatic carbocycles. The summed E-state index contributed by atoms with van der Waals surface area (Å²) in [7, 11) is 0. The Morgan fingerprint density at radius 3 is 2.30 bits per heavy atom. The van der Waals surface area contributed by atoms with E-state index in [9.17, 15) is 9.59 Å². The molecule has 0 aliphatic heterocycles. The van der Waals surface area contributed by atoms with E-state index in [1.165, 1.54) is 0 Å². The highest BCUT2D eigenvalue weighted by Crippen LogP contribution is 2.26. The molecule has 0 fully saturated rings. The number of carbonyl (C=O) groups excluding carboxylic acids is 2. The number of nitrogens with one attached hydrogen (secondary N) is 1. The van der Waals surface area contributed by atoms with Gasteiger partial charge in [-0.05, 0) is 45.2 Å². The Morgan fingerprint density at radius 2 is 1.74 bits per heavy atom. The topological polar surface area (TPSA) is 90.7 Å². The third-order valence-electron chi connectivity index (χ3n) is 3.71. The van der Waals surface area contributed by atoms with E-state index in [0.29, 0.717) is 17.0 Å². The summed E-state index contributed by atoms with van der Waals surface area (Å²) in [6.45, 7) is 12.4. The zero-order valence-corrected chi connectivity index (χ0v) is 17.0. The van der Waals surface area contributed by atoms with Crippen molar-refractivity contribution in [3.63, 3.8) is 0 Å². The first-order valence-electron chi connectivity index (χ1n) is 8.92. The fourth-order valence-corrected chi connectivity index (χ4v) is 2.41. The Morgan fingerprint density at radius 1 is 1.11 bits per heavy atom. The number of benzene rings is 1. The van der Waals surface area contributed by atoms with Crippen LogP contribution in [0.4, 0.5) is 4.79 Å². The molecule has 0 saturated heterocycles. The van der Waals surface area contributed by atoms with E-state index in [4.69, 9.17) is 13.9 Å². The molecule has 1 N–H and O–H groups in total. The molecule has 2 aromatic rings. The van der Waals surface area contributed by atoms with Crippen molar-refractivity contribution in [2.24, 2.45) is 5.41 Å². The fourth-order valence-electron chi connectivity index (χ4n) is 2.41.